The molecule has 3 rings (SSSR count). The number of anilines is 2. The third-order valence-electron chi connectivity index (χ3n) is 3.10. The van der Waals surface area contributed by atoms with Gasteiger partial charge in [0.15, 0.2) is 0 Å². The van der Waals surface area contributed by atoms with Crippen LogP contribution in [0.15, 0.2) is 30.3 Å². The molecule has 1 aromatic carbocycles. The zero-order valence-corrected chi connectivity index (χ0v) is 11.0. The van der Waals surface area contributed by atoms with Gasteiger partial charge in [-0.25, -0.2) is 4.98 Å². The van der Waals surface area contributed by atoms with E-state index in [9.17, 15) is 4.79 Å². The number of ether oxygens (including phenoxy) is 1. The van der Waals surface area contributed by atoms with Gasteiger partial charge in [-0.2, -0.15) is 4.98 Å². The maximum Gasteiger partial charge on any atom is 0.267 e. The number of nitrogens with zero attached hydrogens (tertiary/aromatic N) is 3. The molecule has 102 valence electrons. The van der Waals surface area contributed by atoms with Crippen molar-refractivity contribution in [3.05, 3.63) is 41.7 Å². The molecule has 0 aliphatic carbocycles. The average Bonchev–Trinajstić information content (AvgIpc) is 2.59. The Kier molecular flexibility index (Phi) is 2.98. The normalized spacial score (nSPS) is 14.4. The van der Waals surface area contributed by atoms with Crippen LogP contribution in [0.1, 0.15) is 16.2 Å². The Bertz CT molecular complexity index is 658. The summed E-state index contributed by atoms with van der Waals surface area (Å²) in [6.45, 7) is 2.52. The number of fused-ring (bicyclic) bond motifs is 1. The predicted molar refractivity (Wildman–Crippen MR) is 74.8 cm³/mol. The van der Waals surface area contributed by atoms with Gasteiger partial charge in [0.2, 0.25) is 5.88 Å². The SMILES string of the molecule is Cc1nc(N)c2c(n1)OCCN(c1ccccc1)C2=O. The molecular formula is C14H14N4O2. The van der Waals surface area contributed by atoms with E-state index in [4.69, 9.17) is 10.5 Å². The highest BCUT2D eigenvalue weighted by Gasteiger charge is 2.29. The lowest BCUT2D eigenvalue weighted by molar-refractivity contribution is 0.0990. The zero-order chi connectivity index (χ0) is 14.1. The number of rotatable bonds is 1. The Morgan fingerprint density at radius 2 is 2.00 bits per heavy atom. The number of para-hydroxylation sites is 1. The molecule has 2 aromatic rings. The second kappa shape index (κ2) is 4.80. The van der Waals surface area contributed by atoms with E-state index < -0.39 is 0 Å². The van der Waals surface area contributed by atoms with Crippen molar-refractivity contribution in [1.82, 2.24) is 9.97 Å². The first kappa shape index (κ1) is 12.4. The molecular weight excluding hydrogens is 256 g/mol. The van der Waals surface area contributed by atoms with Gasteiger partial charge in [-0.1, -0.05) is 18.2 Å². The minimum atomic E-state index is -0.235. The van der Waals surface area contributed by atoms with Crippen LogP contribution < -0.4 is 15.4 Å². The summed E-state index contributed by atoms with van der Waals surface area (Å²) < 4.78 is 5.54. The Morgan fingerprint density at radius 1 is 1.25 bits per heavy atom. The summed E-state index contributed by atoms with van der Waals surface area (Å²) in [4.78, 5) is 22.5. The van der Waals surface area contributed by atoms with Gasteiger partial charge in [-0.15, -0.1) is 0 Å². The number of aryl methyl sites for hydroxylation is 1. The standard InChI is InChI=1S/C14H14N4O2/c1-9-16-12(15)11-13(17-9)20-8-7-18(14(11)19)10-5-3-2-4-6-10/h2-6H,7-8H2,1H3,(H2,15,16,17). The van der Waals surface area contributed by atoms with Gasteiger partial charge >= 0.3 is 0 Å². The molecule has 0 saturated heterocycles. The molecule has 0 radical (unpaired) electrons. The first-order chi connectivity index (χ1) is 9.66. The monoisotopic (exact) mass is 270 g/mol. The van der Waals surface area contributed by atoms with Crippen molar-refractivity contribution in [2.24, 2.45) is 0 Å². The van der Waals surface area contributed by atoms with E-state index in [0.29, 0.717) is 19.0 Å². The van der Waals surface area contributed by atoms with Crippen molar-refractivity contribution in [3.63, 3.8) is 0 Å². The number of hydrogen-bond donors (Lipinski definition) is 1. The lowest BCUT2D eigenvalue weighted by Gasteiger charge is -2.20. The van der Waals surface area contributed by atoms with Crippen LogP contribution in [0.4, 0.5) is 11.5 Å². The number of carbonyl (C=O) groups excluding carboxylic acids is 1. The molecule has 0 bridgehead atoms. The summed E-state index contributed by atoms with van der Waals surface area (Å²) in [7, 11) is 0. The van der Waals surface area contributed by atoms with Gasteiger partial charge in [0.1, 0.15) is 23.8 Å². The van der Waals surface area contributed by atoms with Crippen LogP contribution in [0.2, 0.25) is 0 Å². The van der Waals surface area contributed by atoms with Gasteiger partial charge in [-0.3, -0.25) is 4.79 Å². The van der Waals surface area contributed by atoms with Gasteiger partial charge in [0.25, 0.3) is 5.91 Å². The predicted octanol–water partition coefficient (Wildman–Crippen LogP) is 1.41. The van der Waals surface area contributed by atoms with Crippen molar-refractivity contribution < 1.29 is 9.53 Å². The molecule has 6 nitrogen and oxygen atoms in total. The zero-order valence-electron chi connectivity index (χ0n) is 11.0. The highest BCUT2D eigenvalue weighted by molar-refractivity contribution is 6.10. The van der Waals surface area contributed by atoms with E-state index in [-0.39, 0.29) is 23.2 Å². The molecule has 0 spiro atoms. The minimum absolute atomic E-state index is 0.153. The number of benzene rings is 1. The third kappa shape index (κ3) is 2.05. The second-order valence-corrected chi connectivity index (χ2v) is 4.48. The van der Waals surface area contributed by atoms with Crippen molar-refractivity contribution in [3.8, 4) is 5.88 Å². The molecule has 20 heavy (non-hydrogen) atoms. The third-order valence-corrected chi connectivity index (χ3v) is 3.10. The smallest absolute Gasteiger partial charge is 0.267 e. The van der Waals surface area contributed by atoms with Gasteiger partial charge < -0.3 is 15.4 Å². The van der Waals surface area contributed by atoms with E-state index in [1.165, 1.54) is 0 Å². The van der Waals surface area contributed by atoms with E-state index >= 15 is 0 Å². The molecule has 0 saturated carbocycles. The highest BCUT2D eigenvalue weighted by Crippen LogP contribution is 2.27. The Labute approximate surface area is 116 Å². The molecule has 0 fully saturated rings. The van der Waals surface area contributed by atoms with Crippen molar-refractivity contribution >= 4 is 17.4 Å². The van der Waals surface area contributed by atoms with Crippen LogP contribution in [0.3, 0.4) is 0 Å². The molecule has 1 aliphatic heterocycles. The highest BCUT2D eigenvalue weighted by atomic mass is 16.5. The van der Waals surface area contributed by atoms with Gasteiger partial charge in [0, 0.05) is 5.69 Å². The topological polar surface area (TPSA) is 81.3 Å². The molecule has 6 heteroatoms. The number of aromatic nitrogens is 2. The fraction of sp³-hybridized carbons (Fsp3) is 0.214. The quantitative estimate of drug-likeness (QED) is 0.847. The largest absolute Gasteiger partial charge is 0.475 e. The summed E-state index contributed by atoms with van der Waals surface area (Å²) in [6, 6.07) is 9.40. The number of amides is 1. The van der Waals surface area contributed by atoms with Crippen LogP contribution in [0.25, 0.3) is 0 Å². The van der Waals surface area contributed by atoms with Gasteiger partial charge in [-0.05, 0) is 19.1 Å². The molecule has 1 aliphatic rings. The first-order valence-electron chi connectivity index (χ1n) is 6.30. The Balaban J connectivity index is 2.08. The number of hydrogen-bond acceptors (Lipinski definition) is 5. The van der Waals surface area contributed by atoms with E-state index in [1.54, 1.807) is 11.8 Å². The molecule has 1 aromatic heterocycles. The summed E-state index contributed by atoms with van der Waals surface area (Å²) in [5.74, 6) is 0.669. The van der Waals surface area contributed by atoms with Crippen LogP contribution in [-0.4, -0.2) is 29.0 Å². The fourth-order valence-electron chi connectivity index (χ4n) is 2.20. The second-order valence-electron chi connectivity index (χ2n) is 4.48. The summed E-state index contributed by atoms with van der Waals surface area (Å²) >= 11 is 0. The molecule has 1 amide bonds. The first-order valence-corrected chi connectivity index (χ1v) is 6.30. The molecule has 2 N–H and O–H groups in total. The van der Waals surface area contributed by atoms with Crippen LogP contribution >= 0.6 is 0 Å². The Hall–Kier alpha value is -2.63. The number of carbonyl (C=O) groups is 1. The van der Waals surface area contributed by atoms with Crippen molar-refractivity contribution in [2.45, 2.75) is 6.92 Å². The minimum Gasteiger partial charge on any atom is -0.475 e. The average molecular weight is 270 g/mol. The van der Waals surface area contributed by atoms with Crippen LogP contribution in [-0.2, 0) is 0 Å². The van der Waals surface area contributed by atoms with Crippen molar-refractivity contribution in [1.29, 1.82) is 0 Å². The summed E-state index contributed by atoms with van der Waals surface area (Å²) in [5.41, 5.74) is 6.90. The number of nitrogen functional groups attached to an aromatic ring is 1. The molecule has 0 atom stereocenters. The Morgan fingerprint density at radius 3 is 2.75 bits per heavy atom. The lowest BCUT2D eigenvalue weighted by atomic mass is 10.2. The van der Waals surface area contributed by atoms with Gasteiger partial charge in [0.05, 0.1) is 6.54 Å². The fourth-order valence-corrected chi connectivity index (χ4v) is 2.20. The summed E-state index contributed by atoms with van der Waals surface area (Å²) in [5, 5.41) is 0. The molecule has 0 unspecified atom stereocenters. The van der Waals surface area contributed by atoms with Crippen LogP contribution in [0, 0.1) is 6.92 Å². The maximum absolute atomic E-state index is 12.7. The maximum atomic E-state index is 12.7. The van der Waals surface area contributed by atoms with E-state index in [1.807, 2.05) is 30.3 Å². The van der Waals surface area contributed by atoms with E-state index in [2.05, 4.69) is 9.97 Å². The van der Waals surface area contributed by atoms with Crippen LogP contribution in [0.5, 0.6) is 5.88 Å². The van der Waals surface area contributed by atoms with E-state index in [0.717, 1.165) is 5.69 Å². The molecule has 2 heterocycles. The number of nitrogens with two attached hydrogens (primary N) is 1. The lowest BCUT2D eigenvalue weighted by Crippen LogP contribution is -2.32. The summed E-state index contributed by atoms with van der Waals surface area (Å²) in [6.07, 6.45) is 0. The van der Waals surface area contributed by atoms with Crippen molar-refractivity contribution in [2.75, 3.05) is 23.8 Å².